The van der Waals surface area contributed by atoms with Crippen LogP contribution in [0.25, 0.3) is 0 Å². The number of carbonyl (C=O) groups is 1. The molecule has 0 saturated heterocycles. The summed E-state index contributed by atoms with van der Waals surface area (Å²) in [6.07, 6.45) is 0.689. The van der Waals surface area contributed by atoms with Gasteiger partial charge in [-0.05, 0) is 24.5 Å². The predicted octanol–water partition coefficient (Wildman–Crippen LogP) is 4.50. The van der Waals surface area contributed by atoms with Gasteiger partial charge in [0.05, 0.1) is 32.6 Å². The van der Waals surface area contributed by atoms with Gasteiger partial charge in [0, 0.05) is 17.7 Å². The van der Waals surface area contributed by atoms with Gasteiger partial charge in [-0.1, -0.05) is 0 Å². The summed E-state index contributed by atoms with van der Waals surface area (Å²) in [6, 6.07) is 7.78. The molecular formula is C20H17F2N3O4S. The van der Waals surface area contributed by atoms with Crippen molar-refractivity contribution in [3.8, 4) is 17.6 Å². The third-order valence-electron chi connectivity index (χ3n) is 3.81. The summed E-state index contributed by atoms with van der Waals surface area (Å²) in [5.74, 6) is -1.15. The maximum atomic E-state index is 14.9. The smallest absolute Gasteiger partial charge is 0.434 e. The van der Waals surface area contributed by atoms with Crippen molar-refractivity contribution in [1.29, 1.82) is 5.26 Å². The Morgan fingerprint density at radius 2 is 1.73 bits per heavy atom. The quantitative estimate of drug-likeness (QED) is 0.509. The fourth-order valence-corrected chi connectivity index (χ4v) is 2.89. The molecule has 2 aromatic rings. The van der Waals surface area contributed by atoms with Crippen LogP contribution < -0.4 is 9.47 Å². The lowest BCUT2D eigenvalue weighted by Crippen LogP contribution is -2.16. The zero-order chi connectivity index (χ0) is 22.3. The monoisotopic (exact) mass is 433 g/mol. The maximum absolute atomic E-state index is 14.9. The molecule has 0 bridgehead atoms. The van der Waals surface area contributed by atoms with Gasteiger partial charge < -0.3 is 14.2 Å². The molecule has 30 heavy (non-hydrogen) atoms. The minimum Gasteiger partial charge on any atom is -0.493 e. The van der Waals surface area contributed by atoms with Gasteiger partial charge in [-0.25, -0.2) is 18.6 Å². The van der Waals surface area contributed by atoms with Crippen LogP contribution in [0, 0.1) is 23.0 Å². The van der Waals surface area contributed by atoms with Gasteiger partial charge in [0.15, 0.2) is 11.5 Å². The number of carbonyl (C=O) groups excluding carboxylic acids is 1. The Balaban J connectivity index is 2.78. The van der Waals surface area contributed by atoms with E-state index in [9.17, 15) is 13.6 Å². The van der Waals surface area contributed by atoms with E-state index in [4.69, 9.17) is 14.7 Å². The van der Waals surface area contributed by atoms with Crippen LogP contribution >= 0.6 is 11.8 Å². The molecule has 0 aromatic heterocycles. The highest BCUT2D eigenvalue weighted by atomic mass is 32.2. The number of benzene rings is 2. The third-order valence-corrected chi connectivity index (χ3v) is 4.48. The summed E-state index contributed by atoms with van der Waals surface area (Å²) in [7, 11) is 3.88. The number of rotatable bonds is 5. The molecule has 0 aliphatic heterocycles. The third kappa shape index (κ3) is 5.12. The van der Waals surface area contributed by atoms with Crippen molar-refractivity contribution in [1.82, 2.24) is 0 Å². The number of nitriles is 1. The summed E-state index contributed by atoms with van der Waals surface area (Å²) in [6.45, 7) is 0. The lowest BCUT2D eigenvalue weighted by molar-refractivity contribution is 0.183. The molecule has 0 heterocycles. The first-order valence-corrected chi connectivity index (χ1v) is 9.52. The largest absolute Gasteiger partial charge is 0.493 e. The Morgan fingerprint density at radius 3 is 2.27 bits per heavy atom. The number of methoxy groups -OCH3 is 3. The Labute approximate surface area is 176 Å². The summed E-state index contributed by atoms with van der Waals surface area (Å²) in [5, 5.41) is 8.92. The van der Waals surface area contributed by atoms with Gasteiger partial charge in [0.1, 0.15) is 28.5 Å². The number of thioether (sulfide) groups is 1. The lowest BCUT2D eigenvalue weighted by Gasteiger charge is -2.13. The Morgan fingerprint density at radius 1 is 1.07 bits per heavy atom. The molecule has 10 heteroatoms. The highest BCUT2D eigenvalue weighted by Crippen LogP contribution is 2.32. The van der Waals surface area contributed by atoms with E-state index in [2.05, 4.69) is 14.7 Å². The van der Waals surface area contributed by atoms with E-state index in [1.54, 1.807) is 12.3 Å². The topological polar surface area (TPSA) is 93.3 Å². The van der Waals surface area contributed by atoms with Gasteiger partial charge in [0.2, 0.25) is 0 Å². The molecule has 0 fully saturated rings. The van der Waals surface area contributed by atoms with E-state index in [1.807, 2.05) is 0 Å². The van der Waals surface area contributed by atoms with Gasteiger partial charge in [-0.15, -0.1) is 11.8 Å². The number of halogens is 2. The number of nitrogens with zero attached hydrogens (tertiary/aromatic N) is 3. The van der Waals surface area contributed by atoms with Crippen LogP contribution in [0.5, 0.6) is 11.5 Å². The van der Waals surface area contributed by atoms with Crippen LogP contribution in [-0.2, 0) is 4.74 Å². The molecule has 7 nitrogen and oxygen atoms in total. The molecule has 0 N–H and O–H groups in total. The highest BCUT2D eigenvalue weighted by Gasteiger charge is 2.21. The van der Waals surface area contributed by atoms with Crippen LogP contribution in [0.4, 0.5) is 19.3 Å². The van der Waals surface area contributed by atoms with Crippen LogP contribution in [0.15, 0.2) is 40.3 Å². The number of hydrogen-bond acceptors (Lipinski definition) is 7. The van der Waals surface area contributed by atoms with E-state index in [1.165, 1.54) is 32.4 Å². The first-order chi connectivity index (χ1) is 14.4. The van der Waals surface area contributed by atoms with Crippen LogP contribution in [0.1, 0.15) is 11.1 Å². The van der Waals surface area contributed by atoms with Gasteiger partial charge >= 0.3 is 6.09 Å². The summed E-state index contributed by atoms with van der Waals surface area (Å²) in [4.78, 5) is 19.8. The average Bonchev–Trinajstić information content (AvgIpc) is 2.75. The van der Waals surface area contributed by atoms with Gasteiger partial charge in [-0.3, -0.25) is 0 Å². The van der Waals surface area contributed by atoms with Crippen molar-refractivity contribution in [2.75, 3.05) is 27.6 Å². The molecule has 1 amide bonds. The molecule has 0 aliphatic carbocycles. The maximum Gasteiger partial charge on any atom is 0.434 e. The lowest BCUT2D eigenvalue weighted by atomic mass is 10.1. The molecule has 0 aliphatic rings. The van der Waals surface area contributed by atoms with Gasteiger partial charge in [0.25, 0.3) is 0 Å². The zero-order valence-corrected chi connectivity index (χ0v) is 17.3. The Bertz CT molecular complexity index is 1060. The highest BCUT2D eigenvalue weighted by molar-refractivity contribution is 8.15. The minimum atomic E-state index is -0.918. The second-order valence-corrected chi connectivity index (χ2v) is 6.31. The van der Waals surface area contributed by atoms with Crippen molar-refractivity contribution < 1.29 is 27.8 Å². The standard InChI is InChI=1S/C20H17F2N3O4S/c1-27-16-8-13(15(22)9-17(16)28-2)18(19(30-4)25-20(26)29-3)24-12-6-5-11(10-23)14(21)7-12/h5-9H,1-4H3/b24-18+,25-19-. The number of aliphatic imine (C=N–C) groups is 2. The van der Waals surface area contributed by atoms with E-state index in [0.717, 1.165) is 31.0 Å². The summed E-state index contributed by atoms with van der Waals surface area (Å²) in [5.41, 5.74) is -0.201. The van der Waals surface area contributed by atoms with Crippen molar-refractivity contribution in [3.05, 3.63) is 53.1 Å². The second-order valence-electron chi connectivity index (χ2n) is 5.51. The molecule has 0 radical (unpaired) electrons. The first-order valence-electron chi connectivity index (χ1n) is 8.29. The van der Waals surface area contributed by atoms with Crippen molar-refractivity contribution in [3.63, 3.8) is 0 Å². The van der Waals surface area contributed by atoms with Crippen LogP contribution in [0.2, 0.25) is 0 Å². The SMILES string of the molecule is COC(=O)/N=C(SC)/C(=N/c1ccc(C#N)c(F)c1)c1cc(OC)c(OC)cc1F. The van der Waals surface area contributed by atoms with Crippen molar-refractivity contribution in [2.24, 2.45) is 9.98 Å². The van der Waals surface area contributed by atoms with E-state index in [-0.39, 0.29) is 39.1 Å². The van der Waals surface area contributed by atoms with Crippen LogP contribution in [0.3, 0.4) is 0 Å². The molecule has 156 valence electrons. The normalized spacial score (nSPS) is 11.6. The van der Waals surface area contributed by atoms with Crippen LogP contribution in [-0.4, -0.2) is 44.4 Å². The molecule has 0 spiro atoms. The Kier molecular flexibility index (Phi) is 7.89. The van der Waals surface area contributed by atoms with Crippen molar-refractivity contribution >= 4 is 34.3 Å². The molecule has 2 rings (SSSR count). The van der Waals surface area contributed by atoms with E-state index >= 15 is 0 Å². The minimum absolute atomic E-state index is 0.0257. The number of hydrogen-bond donors (Lipinski definition) is 0. The molecule has 0 atom stereocenters. The summed E-state index contributed by atoms with van der Waals surface area (Å²) < 4.78 is 43.8. The van der Waals surface area contributed by atoms with Gasteiger partial charge in [-0.2, -0.15) is 10.3 Å². The fourth-order valence-electron chi connectivity index (χ4n) is 2.38. The average molecular weight is 433 g/mol. The summed E-state index contributed by atoms with van der Waals surface area (Å²) >= 11 is 1.01. The molecular weight excluding hydrogens is 416 g/mol. The predicted molar refractivity (Wildman–Crippen MR) is 110 cm³/mol. The number of amides is 1. The first kappa shape index (κ1) is 22.8. The zero-order valence-electron chi connectivity index (χ0n) is 16.5. The number of ether oxygens (including phenoxy) is 3. The fraction of sp³-hybridized carbons (Fsp3) is 0.200. The Hall–Kier alpha value is -3.45. The molecule has 0 unspecified atom stereocenters. The van der Waals surface area contributed by atoms with Crippen molar-refractivity contribution in [2.45, 2.75) is 0 Å². The van der Waals surface area contributed by atoms with E-state index < -0.39 is 17.7 Å². The molecule has 0 saturated carbocycles. The molecule has 2 aromatic carbocycles. The second kappa shape index (κ2) is 10.4. The van der Waals surface area contributed by atoms with E-state index in [0.29, 0.717) is 0 Å².